The first-order valence-corrected chi connectivity index (χ1v) is 8.55. The number of benzene rings is 2. The van der Waals surface area contributed by atoms with E-state index >= 15 is 0 Å². The van der Waals surface area contributed by atoms with E-state index in [0.29, 0.717) is 24.3 Å². The Morgan fingerprint density at radius 2 is 1.96 bits per heavy atom. The Kier molecular flexibility index (Phi) is 5.55. The second kappa shape index (κ2) is 7.89. The summed E-state index contributed by atoms with van der Waals surface area (Å²) in [5, 5.41) is 12.8. The van der Waals surface area contributed by atoms with E-state index in [2.05, 4.69) is 10.6 Å². The van der Waals surface area contributed by atoms with Gasteiger partial charge in [0.1, 0.15) is 17.7 Å². The lowest BCUT2D eigenvalue weighted by atomic mass is 10.1. The number of rotatable bonds is 5. The normalized spacial score (nSPS) is 19.2. The van der Waals surface area contributed by atoms with Crippen LogP contribution in [0.2, 0.25) is 0 Å². The molecule has 1 aliphatic rings. The zero-order valence-electron chi connectivity index (χ0n) is 14.7. The van der Waals surface area contributed by atoms with Crippen molar-refractivity contribution in [3.63, 3.8) is 0 Å². The Morgan fingerprint density at radius 3 is 2.68 bits per heavy atom. The van der Waals surface area contributed by atoms with Crippen molar-refractivity contribution in [3.05, 3.63) is 59.7 Å². The molecule has 2 atom stereocenters. The highest BCUT2D eigenvalue weighted by Crippen LogP contribution is 2.34. The fraction of sp³-hybridized carbons (Fsp3) is 0.263. The first kappa shape index (κ1) is 19.7. The van der Waals surface area contributed by atoms with Crippen LogP contribution < -0.4 is 21.1 Å². The number of nitrogens with one attached hydrogen (secondary N) is 3. The molecule has 0 saturated carbocycles. The van der Waals surface area contributed by atoms with Crippen molar-refractivity contribution >= 4 is 17.4 Å². The molecule has 0 spiro atoms. The van der Waals surface area contributed by atoms with E-state index in [9.17, 15) is 18.0 Å². The van der Waals surface area contributed by atoms with E-state index in [1.807, 2.05) is 0 Å². The molecule has 0 aliphatic carbocycles. The summed E-state index contributed by atoms with van der Waals surface area (Å²) in [4.78, 5) is 12.4. The van der Waals surface area contributed by atoms with Gasteiger partial charge in [-0.05, 0) is 24.3 Å². The van der Waals surface area contributed by atoms with E-state index in [0.717, 1.165) is 6.07 Å². The number of carbonyl (C=O) groups excluding carboxylic acids is 1. The summed E-state index contributed by atoms with van der Waals surface area (Å²) in [7, 11) is 0. The number of halogens is 3. The van der Waals surface area contributed by atoms with Crippen molar-refractivity contribution in [1.82, 2.24) is 5.32 Å². The molecular weight excluding hydrogens is 373 g/mol. The van der Waals surface area contributed by atoms with Crippen molar-refractivity contribution in [2.24, 2.45) is 5.73 Å². The molecule has 2 aromatic carbocycles. The molecule has 5 N–H and O–H groups in total. The lowest BCUT2D eigenvalue weighted by Crippen LogP contribution is -2.36. The summed E-state index contributed by atoms with van der Waals surface area (Å²) in [5.41, 5.74) is 4.80. The van der Waals surface area contributed by atoms with Gasteiger partial charge >= 0.3 is 6.18 Å². The maximum Gasteiger partial charge on any atom is 0.418 e. The maximum atomic E-state index is 13.1. The minimum atomic E-state index is -4.56. The van der Waals surface area contributed by atoms with Crippen molar-refractivity contribution in [2.75, 3.05) is 11.9 Å². The first-order valence-electron chi connectivity index (χ1n) is 8.55. The topological polar surface area (TPSA) is 100 Å². The van der Waals surface area contributed by atoms with Crippen molar-refractivity contribution in [2.45, 2.75) is 24.7 Å². The zero-order valence-corrected chi connectivity index (χ0v) is 14.7. The third-order valence-corrected chi connectivity index (χ3v) is 4.35. The zero-order chi connectivity index (χ0) is 20.3. The van der Waals surface area contributed by atoms with E-state index in [-0.39, 0.29) is 17.6 Å². The third-order valence-electron chi connectivity index (χ3n) is 4.35. The molecule has 1 fully saturated rings. The number of nitrogen functional groups attached to an aromatic ring is 1. The molecule has 0 bridgehead atoms. The van der Waals surface area contributed by atoms with Crippen LogP contribution in [0.5, 0.6) is 5.75 Å². The molecule has 1 unspecified atom stereocenters. The number of hydrogen-bond acceptors (Lipinski definition) is 4. The molecule has 148 valence electrons. The van der Waals surface area contributed by atoms with E-state index in [4.69, 9.17) is 15.9 Å². The van der Waals surface area contributed by atoms with Gasteiger partial charge in [-0.2, -0.15) is 13.2 Å². The molecule has 9 heteroatoms. The number of para-hydroxylation sites is 1. The highest BCUT2D eigenvalue weighted by Gasteiger charge is 2.35. The van der Waals surface area contributed by atoms with Gasteiger partial charge in [-0.3, -0.25) is 10.2 Å². The monoisotopic (exact) mass is 392 g/mol. The van der Waals surface area contributed by atoms with Crippen molar-refractivity contribution in [1.29, 1.82) is 5.41 Å². The second-order valence-corrected chi connectivity index (χ2v) is 6.41. The molecular formula is C19H19F3N4O2. The third kappa shape index (κ3) is 4.61. The van der Waals surface area contributed by atoms with E-state index in [1.165, 1.54) is 18.2 Å². The van der Waals surface area contributed by atoms with Gasteiger partial charge in [0.05, 0.1) is 17.3 Å². The molecule has 1 heterocycles. The standard InChI is InChI=1S/C19H19F3N4O2/c20-19(21,22)14-6-1-2-7-15(14)26-18(27)16-9-13(10-25-16)28-12-5-3-4-11(8-12)17(23)24/h1-8,13,16,25H,9-10H2,(H3,23,24)(H,26,27)/t13?,16-/m0/s1. The van der Waals surface area contributed by atoms with Gasteiger partial charge in [-0.25, -0.2) is 0 Å². The molecule has 1 amide bonds. The summed E-state index contributed by atoms with van der Waals surface area (Å²) >= 11 is 0. The minimum Gasteiger partial charge on any atom is -0.489 e. The van der Waals surface area contributed by atoms with Crippen molar-refractivity contribution in [3.8, 4) is 5.75 Å². The van der Waals surface area contributed by atoms with E-state index < -0.39 is 23.7 Å². The lowest BCUT2D eigenvalue weighted by molar-refractivity contribution is -0.137. The average molecular weight is 392 g/mol. The minimum absolute atomic E-state index is 0.0874. The molecule has 1 saturated heterocycles. The van der Waals surface area contributed by atoms with Crippen LogP contribution in [-0.2, 0) is 11.0 Å². The van der Waals surface area contributed by atoms with Crippen LogP contribution in [0.25, 0.3) is 0 Å². The highest BCUT2D eigenvalue weighted by molar-refractivity contribution is 5.96. The van der Waals surface area contributed by atoms with Gasteiger partial charge in [0.25, 0.3) is 0 Å². The first-order chi connectivity index (χ1) is 13.2. The lowest BCUT2D eigenvalue weighted by Gasteiger charge is -2.16. The number of anilines is 1. The van der Waals surface area contributed by atoms with Gasteiger partial charge < -0.3 is 21.1 Å². The number of amides is 1. The van der Waals surface area contributed by atoms with Crippen LogP contribution in [0.3, 0.4) is 0 Å². The van der Waals surface area contributed by atoms with Crippen LogP contribution >= 0.6 is 0 Å². The van der Waals surface area contributed by atoms with Gasteiger partial charge in [0.2, 0.25) is 5.91 Å². The van der Waals surface area contributed by atoms with Gasteiger partial charge in [-0.1, -0.05) is 24.3 Å². The Balaban J connectivity index is 1.62. The Labute approximate surface area is 159 Å². The number of hydrogen-bond donors (Lipinski definition) is 4. The number of ether oxygens (including phenoxy) is 1. The molecule has 1 aliphatic heterocycles. The van der Waals surface area contributed by atoms with Crippen LogP contribution in [0.15, 0.2) is 48.5 Å². The van der Waals surface area contributed by atoms with Gasteiger partial charge in [-0.15, -0.1) is 0 Å². The van der Waals surface area contributed by atoms with E-state index in [1.54, 1.807) is 24.3 Å². The molecule has 0 aromatic heterocycles. The SMILES string of the molecule is N=C(N)c1cccc(OC2CN[C@H](C(=O)Nc3ccccc3C(F)(F)F)C2)c1. The van der Waals surface area contributed by atoms with Gasteiger partial charge in [0.15, 0.2) is 0 Å². The molecule has 2 aromatic rings. The highest BCUT2D eigenvalue weighted by atomic mass is 19.4. The van der Waals surface area contributed by atoms with Crippen LogP contribution in [0, 0.1) is 5.41 Å². The van der Waals surface area contributed by atoms with Crippen molar-refractivity contribution < 1.29 is 22.7 Å². The summed E-state index contributed by atoms with van der Waals surface area (Å²) in [5.74, 6) is -0.140. The van der Waals surface area contributed by atoms with Crippen LogP contribution in [-0.4, -0.2) is 30.4 Å². The Hall–Kier alpha value is -3.07. The predicted molar refractivity (Wildman–Crippen MR) is 98.4 cm³/mol. The summed E-state index contributed by atoms with van der Waals surface area (Å²) in [6, 6.07) is 10.9. The van der Waals surface area contributed by atoms with Crippen LogP contribution in [0.1, 0.15) is 17.5 Å². The fourth-order valence-electron chi connectivity index (χ4n) is 2.98. The maximum absolute atomic E-state index is 13.1. The predicted octanol–water partition coefficient (Wildman–Crippen LogP) is 2.74. The number of carbonyl (C=O) groups is 1. The molecule has 28 heavy (non-hydrogen) atoms. The number of nitrogens with two attached hydrogens (primary N) is 1. The largest absolute Gasteiger partial charge is 0.489 e. The number of amidine groups is 1. The Morgan fingerprint density at radius 1 is 1.21 bits per heavy atom. The molecule has 3 rings (SSSR count). The summed E-state index contributed by atoms with van der Waals surface area (Å²) < 4.78 is 45.0. The molecule has 0 radical (unpaired) electrons. The smallest absolute Gasteiger partial charge is 0.418 e. The van der Waals surface area contributed by atoms with Crippen LogP contribution in [0.4, 0.5) is 18.9 Å². The summed E-state index contributed by atoms with van der Waals surface area (Å²) in [6.07, 6.45) is -4.60. The fourth-order valence-corrected chi connectivity index (χ4v) is 2.98. The van der Waals surface area contributed by atoms with Gasteiger partial charge in [0, 0.05) is 18.5 Å². The quantitative estimate of drug-likeness (QED) is 0.464. The molecule has 6 nitrogen and oxygen atoms in total. The Bertz CT molecular complexity index is 885. The second-order valence-electron chi connectivity index (χ2n) is 6.41. The number of alkyl halides is 3. The average Bonchev–Trinajstić information content (AvgIpc) is 3.10. The summed E-state index contributed by atoms with van der Waals surface area (Å²) in [6.45, 7) is 0.364.